The van der Waals surface area contributed by atoms with Crippen LogP contribution in [-0.4, -0.2) is 0 Å². The Morgan fingerprint density at radius 3 is 1.70 bits per heavy atom. The molecule has 0 unspecified atom stereocenters. The first kappa shape index (κ1) is 28.1. The summed E-state index contributed by atoms with van der Waals surface area (Å²) in [5, 5.41) is 7.76. The van der Waals surface area contributed by atoms with Crippen molar-refractivity contribution in [2.45, 2.75) is 34.6 Å². The van der Waals surface area contributed by atoms with Gasteiger partial charge in [0, 0.05) is 16.8 Å². The molecule has 1 nitrogen and oxygen atoms in total. The predicted octanol–water partition coefficient (Wildman–Crippen LogP) is 12.9. The molecule has 8 aromatic rings. The van der Waals surface area contributed by atoms with Crippen LogP contribution in [0.15, 0.2) is 133 Å². The number of hydrogen-bond acceptors (Lipinski definition) is 1. The number of anilines is 3. The highest BCUT2D eigenvalue weighted by Crippen LogP contribution is 2.47. The van der Waals surface area contributed by atoms with E-state index in [-0.39, 0.29) is 0 Å². The van der Waals surface area contributed by atoms with E-state index < -0.39 is 0 Å². The summed E-state index contributed by atoms with van der Waals surface area (Å²) in [4.78, 5) is 2.49. The van der Waals surface area contributed by atoms with Crippen LogP contribution < -0.4 is 4.90 Å². The van der Waals surface area contributed by atoms with Crippen molar-refractivity contribution in [1.82, 2.24) is 0 Å². The largest absolute Gasteiger partial charge is 0.309 e. The molecule has 0 saturated heterocycles. The topological polar surface area (TPSA) is 3.24 Å². The fraction of sp³-hybridized carbons (Fsp3) is 0.111. The van der Waals surface area contributed by atoms with Gasteiger partial charge in [0.25, 0.3) is 0 Å². The van der Waals surface area contributed by atoms with Crippen molar-refractivity contribution in [2.24, 2.45) is 0 Å². The van der Waals surface area contributed by atoms with E-state index >= 15 is 0 Å². The van der Waals surface area contributed by atoms with Crippen LogP contribution in [0, 0.1) is 34.6 Å². The molecule has 8 aromatic carbocycles. The molecule has 8 rings (SSSR count). The standard InChI is InChI=1S/C45H37N/c1-28-12-6-8-16-37(28)38-17-11-19-41(32(38)5)46(40-18-9-7-13-29(40)2)42-25-23-33-20-21-34-26-36(43-30(3)14-10-15-31(43)4)27-35-22-24-39(42)45(33)44(34)35/h6-27H,1-5H3. The average Bonchev–Trinajstić information content (AvgIpc) is 3.06. The molecule has 0 bridgehead atoms. The van der Waals surface area contributed by atoms with Crippen molar-refractivity contribution in [3.8, 4) is 22.3 Å². The normalized spacial score (nSPS) is 11.6. The molecular formula is C45H37N. The summed E-state index contributed by atoms with van der Waals surface area (Å²) in [5.41, 5.74) is 15.2. The molecule has 0 spiro atoms. The van der Waals surface area contributed by atoms with E-state index in [9.17, 15) is 0 Å². The average molecular weight is 592 g/mol. The highest BCUT2D eigenvalue weighted by atomic mass is 15.1. The first-order valence-corrected chi connectivity index (χ1v) is 16.2. The zero-order valence-electron chi connectivity index (χ0n) is 27.1. The van der Waals surface area contributed by atoms with Gasteiger partial charge in [-0.25, -0.2) is 0 Å². The van der Waals surface area contributed by atoms with Crippen LogP contribution in [0.5, 0.6) is 0 Å². The van der Waals surface area contributed by atoms with Crippen LogP contribution in [0.1, 0.15) is 27.8 Å². The minimum atomic E-state index is 1.19. The fourth-order valence-electron chi connectivity index (χ4n) is 7.65. The van der Waals surface area contributed by atoms with Gasteiger partial charge in [-0.2, -0.15) is 0 Å². The van der Waals surface area contributed by atoms with Crippen LogP contribution in [0.25, 0.3) is 54.6 Å². The van der Waals surface area contributed by atoms with Crippen LogP contribution in [0.3, 0.4) is 0 Å². The molecule has 0 N–H and O–H groups in total. The summed E-state index contributed by atoms with van der Waals surface area (Å²) in [5.74, 6) is 0. The molecule has 0 aliphatic carbocycles. The molecular weight excluding hydrogens is 555 g/mol. The van der Waals surface area contributed by atoms with Gasteiger partial charge >= 0.3 is 0 Å². The fourth-order valence-corrected chi connectivity index (χ4v) is 7.65. The summed E-state index contributed by atoms with van der Waals surface area (Å²) in [6.07, 6.45) is 0. The maximum Gasteiger partial charge on any atom is 0.0540 e. The van der Waals surface area contributed by atoms with Crippen LogP contribution in [-0.2, 0) is 0 Å². The number of rotatable bonds is 5. The highest BCUT2D eigenvalue weighted by molar-refractivity contribution is 6.26. The first-order valence-electron chi connectivity index (χ1n) is 16.2. The molecule has 1 heteroatoms. The van der Waals surface area contributed by atoms with Gasteiger partial charge in [-0.05, 0) is 142 Å². The van der Waals surface area contributed by atoms with Crippen LogP contribution in [0.2, 0.25) is 0 Å². The van der Waals surface area contributed by atoms with E-state index in [0.717, 1.165) is 0 Å². The lowest BCUT2D eigenvalue weighted by Gasteiger charge is -2.31. The van der Waals surface area contributed by atoms with Crippen LogP contribution in [0.4, 0.5) is 17.1 Å². The Morgan fingerprint density at radius 2 is 0.957 bits per heavy atom. The van der Waals surface area contributed by atoms with Crippen molar-refractivity contribution in [2.75, 3.05) is 4.90 Å². The van der Waals surface area contributed by atoms with E-state index in [1.165, 1.54) is 99.5 Å². The summed E-state index contributed by atoms with van der Waals surface area (Å²) < 4.78 is 0. The molecule has 0 aromatic heterocycles. The Hall–Kier alpha value is -5.40. The molecule has 0 radical (unpaired) electrons. The number of hydrogen-bond donors (Lipinski definition) is 0. The van der Waals surface area contributed by atoms with E-state index in [1.54, 1.807) is 0 Å². The lowest BCUT2D eigenvalue weighted by atomic mass is 9.88. The molecule has 0 aliphatic rings. The maximum atomic E-state index is 2.49. The SMILES string of the molecule is Cc1ccccc1-c1cccc(N(c2ccccc2C)c2ccc3ccc4cc(-c5c(C)cccc5C)cc5ccc2c3c45)c1C. The maximum absolute atomic E-state index is 2.49. The summed E-state index contributed by atoms with van der Waals surface area (Å²) in [7, 11) is 0. The molecule has 0 fully saturated rings. The molecule has 0 atom stereocenters. The van der Waals surface area contributed by atoms with E-state index in [4.69, 9.17) is 0 Å². The quantitative estimate of drug-likeness (QED) is 0.180. The van der Waals surface area contributed by atoms with Gasteiger partial charge in [0.1, 0.15) is 0 Å². The third kappa shape index (κ3) is 4.38. The molecule has 46 heavy (non-hydrogen) atoms. The van der Waals surface area contributed by atoms with Gasteiger partial charge < -0.3 is 4.90 Å². The smallest absolute Gasteiger partial charge is 0.0540 e. The van der Waals surface area contributed by atoms with Crippen LogP contribution >= 0.6 is 0 Å². The third-order valence-corrected chi connectivity index (χ3v) is 9.92. The van der Waals surface area contributed by atoms with Gasteiger partial charge in [0.2, 0.25) is 0 Å². The van der Waals surface area contributed by atoms with Crippen molar-refractivity contribution in [1.29, 1.82) is 0 Å². The van der Waals surface area contributed by atoms with Gasteiger partial charge in [0.15, 0.2) is 0 Å². The van der Waals surface area contributed by atoms with Crippen molar-refractivity contribution in [3.05, 3.63) is 161 Å². The third-order valence-electron chi connectivity index (χ3n) is 9.92. The molecule has 0 amide bonds. The Kier molecular flexibility index (Phi) is 6.65. The van der Waals surface area contributed by atoms with Gasteiger partial charge in [-0.3, -0.25) is 0 Å². The Morgan fingerprint density at radius 1 is 0.391 bits per heavy atom. The highest BCUT2D eigenvalue weighted by Gasteiger charge is 2.22. The number of nitrogens with zero attached hydrogens (tertiary/aromatic N) is 1. The van der Waals surface area contributed by atoms with Crippen molar-refractivity contribution >= 4 is 49.4 Å². The van der Waals surface area contributed by atoms with E-state index in [2.05, 4.69) is 173 Å². The number of para-hydroxylation sites is 1. The second-order valence-corrected chi connectivity index (χ2v) is 12.8. The molecule has 0 aliphatic heterocycles. The summed E-state index contributed by atoms with van der Waals surface area (Å²) in [6.45, 7) is 11.1. The number of aryl methyl sites for hydroxylation is 4. The van der Waals surface area contributed by atoms with Crippen molar-refractivity contribution < 1.29 is 0 Å². The lowest BCUT2D eigenvalue weighted by molar-refractivity contribution is 1.23. The van der Waals surface area contributed by atoms with Gasteiger partial charge in [0.05, 0.1) is 5.69 Å². The Bertz CT molecular complexity index is 2390. The minimum absolute atomic E-state index is 1.19. The second kappa shape index (κ2) is 10.9. The Balaban J connectivity index is 1.40. The molecule has 0 heterocycles. The second-order valence-electron chi connectivity index (χ2n) is 12.8. The zero-order chi connectivity index (χ0) is 31.5. The van der Waals surface area contributed by atoms with E-state index in [0.29, 0.717) is 0 Å². The molecule has 0 saturated carbocycles. The monoisotopic (exact) mass is 591 g/mol. The molecule has 222 valence electrons. The Labute approximate surface area is 271 Å². The summed E-state index contributed by atoms with van der Waals surface area (Å²) >= 11 is 0. The lowest BCUT2D eigenvalue weighted by Crippen LogP contribution is -2.13. The van der Waals surface area contributed by atoms with Gasteiger partial charge in [-0.15, -0.1) is 0 Å². The minimum Gasteiger partial charge on any atom is -0.309 e. The predicted molar refractivity (Wildman–Crippen MR) is 199 cm³/mol. The number of benzene rings is 8. The summed E-state index contributed by atoms with van der Waals surface area (Å²) in [6, 6.07) is 49.5. The van der Waals surface area contributed by atoms with E-state index in [1.807, 2.05) is 0 Å². The van der Waals surface area contributed by atoms with Crippen molar-refractivity contribution in [3.63, 3.8) is 0 Å². The van der Waals surface area contributed by atoms with Gasteiger partial charge in [-0.1, -0.05) is 103 Å². The zero-order valence-corrected chi connectivity index (χ0v) is 27.1. The first-order chi connectivity index (χ1) is 22.4.